The number of hydrogen-bond acceptors (Lipinski definition) is 4. The van der Waals surface area contributed by atoms with Crippen LogP contribution in [0.2, 0.25) is 0 Å². The van der Waals surface area contributed by atoms with Crippen molar-refractivity contribution in [3.8, 4) is 0 Å². The van der Waals surface area contributed by atoms with Crippen LogP contribution in [-0.4, -0.2) is 39.5 Å². The van der Waals surface area contributed by atoms with Gasteiger partial charge in [-0.15, -0.1) is 0 Å². The fourth-order valence-electron chi connectivity index (χ4n) is 2.33. The molecule has 0 saturated carbocycles. The predicted molar refractivity (Wildman–Crippen MR) is 88.0 cm³/mol. The minimum atomic E-state index is 0.136. The molecule has 1 fully saturated rings. The summed E-state index contributed by atoms with van der Waals surface area (Å²) >= 11 is 2.07. The van der Waals surface area contributed by atoms with E-state index in [1.165, 1.54) is 24.5 Å². The van der Waals surface area contributed by atoms with Crippen LogP contribution in [-0.2, 0) is 13.1 Å². The summed E-state index contributed by atoms with van der Waals surface area (Å²) in [6, 6.07) is 6.38. The molecular formula is C16H27N3S. The normalized spacial score (nSPS) is 21.1. The summed E-state index contributed by atoms with van der Waals surface area (Å²) in [5, 5.41) is 4.24. The van der Waals surface area contributed by atoms with Gasteiger partial charge in [0.05, 0.1) is 11.4 Å². The van der Waals surface area contributed by atoms with Crippen LogP contribution in [0.15, 0.2) is 18.2 Å². The number of rotatable bonds is 4. The van der Waals surface area contributed by atoms with Gasteiger partial charge in [0.2, 0.25) is 0 Å². The van der Waals surface area contributed by atoms with Gasteiger partial charge in [-0.2, -0.15) is 11.8 Å². The van der Waals surface area contributed by atoms with Crippen LogP contribution in [0.1, 0.15) is 39.1 Å². The largest absolute Gasteiger partial charge is 0.306 e. The Morgan fingerprint density at radius 1 is 1.35 bits per heavy atom. The summed E-state index contributed by atoms with van der Waals surface area (Å²) in [7, 11) is 0. The summed E-state index contributed by atoms with van der Waals surface area (Å²) < 4.78 is 0. The molecule has 0 amide bonds. The van der Waals surface area contributed by atoms with Gasteiger partial charge in [0.15, 0.2) is 0 Å². The molecule has 0 aromatic carbocycles. The summed E-state index contributed by atoms with van der Waals surface area (Å²) in [4.78, 5) is 7.30. The Balaban J connectivity index is 1.92. The Morgan fingerprint density at radius 2 is 2.10 bits per heavy atom. The Morgan fingerprint density at radius 3 is 2.80 bits per heavy atom. The van der Waals surface area contributed by atoms with Crippen LogP contribution < -0.4 is 5.32 Å². The van der Waals surface area contributed by atoms with Gasteiger partial charge in [0, 0.05) is 42.7 Å². The molecule has 3 nitrogen and oxygen atoms in total. The molecule has 1 N–H and O–H groups in total. The number of hydrogen-bond donors (Lipinski definition) is 1. The Bertz CT molecular complexity index is 428. The Hall–Kier alpha value is -0.580. The van der Waals surface area contributed by atoms with Crippen LogP contribution in [0.5, 0.6) is 0 Å². The third-order valence-electron chi connectivity index (χ3n) is 3.38. The van der Waals surface area contributed by atoms with E-state index in [9.17, 15) is 0 Å². The molecule has 1 unspecified atom stereocenters. The first-order valence-corrected chi connectivity index (χ1v) is 8.51. The van der Waals surface area contributed by atoms with Crippen molar-refractivity contribution in [2.75, 3.05) is 18.8 Å². The van der Waals surface area contributed by atoms with Gasteiger partial charge in [0.25, 0.3) is 0 Å². The van der Waals surface area contributed by atoms with E-state index in [-0.39, 0.29) is 5.54 Å². The lowest BCUT2D eigenvalue weighted by atomic mass is 10.1. The van der Waals surface area contributed by atoms with E-state index < -0.39 is 0 Å². The molecule has 1 atom stereocenters. The minimum absolute atomic E-state index is 0.136. The van der Waals surface area contributed by atoms with E-state index in [0.29, 0.717) is 0 Å². The number of nitrogens with zero attached hydrogens (tertiary/aromatic N) is 2. The second kappa shape index (κ2) is 6.92. The molecule has 1 aromatic rings. The minimum Gasteiger partial charge on any atom is -0.306 e. The van der Waals surface area contributed by atoms with Gasteiger partial charge < -0.3 is 5.32 Å². The molecule has 1 aliphatic rings. The number of thioether (sulfide) groups is 1. The first-order valence-electron chi connectivity index (χ1n) is 7.46. The van der Waals surface area contributed by atoms with E-state index in [1.807, 2.05) is 0 Å². The zero-order chi connectivity index (χ0) is 14.6. The van der Waals surface area contributed by atoms with Crippen LogP contribution in [0, 0.1) is 0 Å². The lowest BCUT2D eigenvalue weighted by molar-refractivity contribution is 0.275. The molecule has 0 radical (unpaired) electrons. The van der Waals surface area contributed by atoms with Gasteiger partial charge in [-0.05, 0) is 32.9 Å². The SMILES string of the molecule is CC1CN(Cc2cccc(CNC(C)(C)C)n2)CCS1. The van der Waals surface area contributed by atoms with Crippen molar-refractivity contribution in [1.82, 2.24) is 15.2 Å². The molecule has 0 aliphatic carbocycles. The zero-order valence-electron chi connectivity index (χ0n) is 13.1. The van der Waals surface area contributed by atoms with Gasteiger partial charge in [0.1, 0.15) is 0 Å². The maximum atomic E-state index is 4.78. The Kier molecular flexibility index (Phi) is 5.47. The topological polar surface area (TPSA) is 28.2 Å². The van der Waals surface area contributed by atoms with Crippen LogP contribution in [0.3, 0.4) is 0 Å². The highest BCUT2D eigenvalue weighted by Crippen LogP contribution is 2.19. The molecule has 1 aliphatic heterocycles. The average molecular weight is 293 g/mol. The first-order chi connectivity index (χ1) is 9.42. The zero-order valence-corrected chi connectivity index (χ0v) is 14.0. The lowest BCUT2D eigenvalue weighted by Crippen LogP contribution is -2.36. The van der Waals surface area contributed by atoms with Crippen molar-refractivity contribution in [2.24, 2.45) is 0 Å². The number of aromatic nitrogens is 1. The maximum absolute atomic E-state index is 4.78. The fraction of sp³-hybridized carbons (Fsp3) is 0.688. The molecule has 2 rings (SSSR count). The molecule has 20 heavy (non-hydrogen) atoms. The summed E-state index contributed by atoms with van der Waals surface area (Å²) in [6.07, 6.45) is 0. The van der Waals surface area contributed by atoms with Crippen molar-refractivity contribution in [3.63, 3.8) is 0 Å². The highest BCUT2D eigenvalue weighted by atomic mass is 32.2. The fourth-order valence-corrected chi connectivity index (χ4v) is 3.42. The smallest absolute Gasteiger partial charge is 0.0547 e. The molecule has 2 heterocycles. The van der Waals surface area contributed by atoms with Crippen LogP contribution in [0.25, 0.3) is 0 Å². The van der Waals surface area contributed by atoms with Crippen molar-refractivity contribution in [3.05, 3.63) is 29.6 Å². The van der Waals surface area contributed by atoms with Crippen molar-refractivity contribution < 1.29 is 0 Å². The van der Waals surface area contributed by atoms with Crippen LogP contribution in [0.4, 0.5) is 0 Å². The van der Waals surface area contributed by atoms with E-state index in [1.54, 1.807) is 0 Å². The molecule has 0 spiro atoms. The summed E-state index contributed by atoms with van der Waals surface area (Å²) in [6.45, 7) is 13.0. The Labute approximate surface area is 127 Å². The molecule has 4 heteroatoms. The van der Waals surface area contributed by atoms with Crippen molar-refractivity contribution in [1.29, 1.82) is 0 Å². The first kappa shape index (κ1) is 15.8. The van der Waals surface area contributed by atoms with Gasteiger partial charge in [-0.3, -0.25) is 9.88 Å². The molecule has 0 bridgehead atoms. The summed E-state index contributed by atoms with van der Waals surface area (Å²) in [5.41, 5.74) is 2.46. The van der Waals surface area contributed by atoms with E-state index in [4.69, 9.17) is 4.98 Å². The predicted octanol–water partition coefficient (Wildman–Crippen LogP) is 2.91. The van der Waals surface area contributed by atoms with Gasteiger partial charge in [-0.1, -0.05) is 13.0 Å². The highest BCUT2D eigenvalue weighted by Gasteiger charge is 2.17. The molecule has 112 valence electrons. The standard InChI is InChI=1S/C16H27N3S/c1-13-11-19(8-9-20-13)12-15-7-5-6-14(18-15)10-17-16(2,3)4/h5-7,13,17H,8-12H2,1-4H3. The second-order valence-electron chi connectivity index (χ2n) is 6.64. The summed E-state index contributed by atoms with van der Waals surface area (Å²) in [5.74, 6) is 1.24. The van der Waals surface area contributed by atoms with E-state index in [2.05, 4.69) is 67.9 Å². The molecule has 1 saturated heterocycles. The van der Waals surface area contributed by atoms with Crippen LogP contribution >= 0.6 is 11.8 Å². The van der Waals surface area contributed by atoms with Gasteiger partial charge >= 0.3 is 0 Å². The lowest BCUT2D eigenvalue weighted by Gasteiger charge is -2.30. The quantitative estimate of drug-likeness (QED) is 0.924. The molecule has 1 aromatic heterocycles. The van der Waals surface area contributed by atoms with E-state index in [0.717, 1.165) is 24.0 Å². The van der Waals surface area contributed by atoms with E-state index >= 15 is 0 Å². The third kappa shape index (κ3) is 5.43. The third-order valence-corrected chi connectivity index (χ3v) is 4.51. The van der Waals surface area contributed by atoms with Crippen molar-refractivity contribution >= 4 is 11.8 Å². The van der Waals surface area contributed by atoms with Gasteiger partial charge in [-0.25, -0.2) is 0 Å². The average Bonchev–Trinajstić information content (AvgIpc) is 2.36. The highest BCUT2D eigenvalue weighted by molar-refractivity contribution is 7.99. The number of pyridine rings is 1. The van der Waals surface area contributed by atoms with Crippen molar-refractivity contribution in [2.45, 2.75) is 51.6 Å². The monoisotopic (exact) mass is 293 g/mol. The maximum Gasteiger partial charge on any atom is 0.0547 e. The number of nitrogens with one attached hydrogen (secondary N) is 1. The second-order valence-corrected chi connectivity index (χ2v) is 8.19. The molecular weight excluding hydrogens is 266 g/mol.